The van der Waals surface area contributed by atoms with Crippen LogP contribution in [0.1, 0.15) is 13.8 Å². The van der Waals surface area contributed by atoms with Crippen molar-refractivity contribution >= 4 is 11.8 Å². The molecule has 0 saturated carbocycles. The summed E-state index contributed by atoms with van der Waals surface area (Å²) in [5.41, 5.74) is 2.48. The molecule has 0 aromatic carbocycles. The molecule has 1 rings (SSSR count). The second kappa shape index (κ2) is 4.78. The standard InChI is InChI=1S/C11H19NOS/c1-8(2)12(4)11(13-5)10-7-14-6-9(10)3/h8H,3,6-7H2,1-2,4-5H3/b11-10+. The Labute approximate surface area is 91.0 Å². The summed E-state index contributed by atoms with van der Waals surface area (Å²) >= 11 is 1.90. The lowest BCUT2D eigenvalue weighted by Gasteiger charge is -2.27. The topological polar surface area (TPSA) is 12.5 Å². The highest BCUT2D eigenvalue weighted by Crippen LogP contribution is 2.31. The molecule has 3 heteroatoms. The minimum Gasteiger partial charge on any atom is -0.482 e. The quantitative estimate of drug-likeness (QED) is 0.668. The fourth-order valence-electron chi connectivity index (χ4n) is 1.39. The fraction of sp³-hybridized carbons (Fsp3) is 0.636. The SMILES string of the molecule is C=C1CSC/C1=C(\OC)N(C)C(C)C. The van der Waals surface area contributed by atoms with Crippen molar-refractivity contribution in [3.63, 3.8) is 0 Å². The second-order valence-electron chi connectivity index (χ2n) is 3.79. The molecule has 0 radical (unpaired) electrons. The van der Waals surface area contributed by atoms with E-state index >= 15 is 0 Å². The highest BCUT2D eigenvalue weighted by Gasteiger charge is 2.21. The van der Waals surface area contributed by atoms with E-state index in [-0.39, 0.29) is 0 Å². The lowest BCUT2D eigenvalue weighted by molar-refractivity contribution is 0.149. The Morgan fingerprint density at radius 3 is 2.50 bits per heavy atom. The Kier molecular flexibility index (Phi) is 3.93. The molecule has 80 valence electrons. The Morgan fingerprint density at radius 2 is 2.14 bits per heavy atom. The molecular weight excluding hydrogens is 194 g/mol. The molecule has 0 aliphatic carbocycles. The maximum Gasteiger partial charge on any atom is 0.193 e. The van der Waals surface area contributed by atoms with Gasteiger partial charge in [-0.25, -0.2) is 0 Å². The Morgan fingerprint density at radius 1 is 1.50 bits per heavy atom. The van der Waals surface area contributed by atoms with Crippen LogP contribution in [0.15, 0.2) is 23.6 Å². The maximum atomic E-state index is 5.46. The molecule has 0 amide bonds. The first-order valence-corrected chi connectivity index (χ1v) is 5.99. The number of hydrogen-bond donors (Lipinski definition) is 0. The molecule has 1 aliphatic heterocycles. The van der Waals surface area contributed by atoms with Gasteiger partial charge in [0.25, 0.3) is 0 Å². The van der Waals surface area contributed by atoms with Crippen LogP contribution >= 0.6 is 11.8 Å². The van der Waals surface area contributed by atoms with Crippen molar-refractivity contribution < 1.29 is 4.74 Å². The van der Waals surface area contributed by atoms with Crippen molar-refractivity contribution in [3.05, 3.63) is 23.6 Å². The van der Waals surface area contributed by atoms with Gasteiger partial charge in [0.2, 0.25) is 0 Å². The predicted molar refractivity (Wildman–Crippen MR) is 63.4 cm³/mol. The summed E-state index contributed by atoms with van der Waals surface area (Å²) in [4.78, 5) is 2.16. The van der Waals surface area contributed by atoms with Crippen LogP contribution in [0.5, 0.6) is 0 Å². The molecule has 1 fully saturated rings. The third kappa shape index (κ3) is 2.27. The zero-order valence-electron chi connectivity index (χ0n) is 9.46. The highest BCUT2D eigenvalue weighted by molar-refractivity contribution is 8.00. The van der Waals surface area contributed by atoms with E-state index in [1.807, 2.05) is 11.8 Å². The molecule has 1 heterocycles. The number of methoxy groups -OCH3 is 1. The number of nitrogens with zero attached hydrogens (tertiary/aromatic N) is 1. The third-order valence-electron chi connectivity index (χ3n) is 2.50. The van der Waals surface area contributed by atoms with Crippen molar-refractivity contribution in [1.82, 2.24) is 4.90 Å². The molecule has 0 spiro atoms. The van der Waals surface area contributed by atoms with Crippen molar-refractivity contribution in [2.75, 3.05) is 25.7 Å². The molecule has 0 atom stereocenters. The second-order valence-corrected chi connectivity index (χ2v) is 4.77. The van der Waals surface area contributed by atoms with Gasteiger partial charge in [-0.3, -0.25) is 0 Å². The first kappa shape index (κ1) is 11.5. The van der Waals surface area contributed by atoms with Crippen molar-refractivity contribution in [2.24, 2.45) is 0 Å². The zero-order chi connectivity index (χ0) is 10.7. The smallest absolute Gasteiger partial charge is 0.193 e. The summed E-state index contributed by atoms with van der Waals surface area (Å²) in [5, 5.41) is 0. The van der Waals surface area contributed by atoms with Gasteiger partial charge in [0, 0.05) is 30.2 Å². The van der Waals surface area contributed by atoms with Crippen LogP contribution in [0.25, 0.3) is 0 Å². The number of ether oxygens (including phenoxy) is 1. The number of rotatable bonds is 3. The Balaban J connectivity index is 2.93. The lowest BCUT2D eigenvalue weighted by atomic mass is 10.1. The van der Waals surface area contributed by atoms with Gasteiger partial charge >= 0.3 is 0 Å². The van der Waals surface area contributed by atoms with Crippen molar-refractivity contribution in [1.29, 1.82) is 0 Å². The first-order valence-electron chi connectivity index (χ1n) is 4.83. The Hall–Kier alpha value is -0.570. The summed E-state index contributed by atoms with van der Waals surface area (Å²) in [6.45, 7) is 8.38. The average Bonchev–Trinajstić information content (AvgIpc) is 2.53. The first-order chi connectivity index (χ1) is 6.57. The van der Waals surface area contributed by atoms with E-state index in [2.05, 4.69) is 32.4 Å². The average molecular weight is 213 g/mol. The van der Waals surface area contributed by atoms with Crippen LogP contribution in [-0.4, -0.2) is 36.6 Å². The molecular formula is C11H19NOS. The highest BCUT2D eigenvalue weighted by atomic mass is 32.2. The van der Waals surface area contributed by atoms with E-state index in [1.165, 1.54) is 11.1 Å². The van der Waals surface area contributed by atoms with Gasteiger partial charge in [-0.1, -0.05) is 6.58 Å². The molecule has 1 aliphatic rings. The predicted octanol–water partition coefficient (Wildman–Crippen LogP) is 2.49. The van der Waals surface area contributed by atoms with Gasteiger partial charge in [0.15, 0.2) is 5.88 Å². The summed E-state index contributed by atoms with van der Waals surface area (Å²) in [6.07, 6.45) is 0. The maximum absolute atomic E-state index is 5.46. The fourth-order valence-corrected chi connectivity index (χ4v) is 2.45. The van der Waals surface area contributed by atoms with E-state index in [0.29, 0.717) is 6.04 Å². The molecule has 2 nitrogen and oxygen atoms in total. The molecule has 0 aromatic heterocycles. The van der Waals surface area contributed by atoms with Gasteiger partial charge in [-0.15, -0.1) is 0 Å². The zero-order valence-corrected chi connectivity index (χ0v) is 10.3. The van der Waals surface area contributed by atoms with Gasteiger partial charge < -0.3 is 9.64 Å². The van der Waals surface area contributed by atoms with E-state index < -0.39 is 0 Å². The summed E-state index contributed by atoms with van der Waals surface area (Å²) < 4.78 is 5.46. The largest absolute Gasteiger partial charge is 0.482 e. The molecule has 14 heavy (non-hydrogen) atoms. The lowest BCUT2D eigenvalue weighted by Crippen LogP contribution is -2.28. The van der Waals surface area contributed by atoms with Crippen LogP contribution in [0.4, 0.5) is 0 Å². The normalized spacial score (nSPS) is 20.2. The molecule has 0 aromatic rings. The minimum atomic E-state index is 0.454. The molecule has 0 unspecified atom stereocenters. The molecule has 1 saturated heterocycles. The van der Waals surface area contributed by atoms with Crippen LogP contribution in [-0.2, 0) is 4.74 Å². The van der Waals surface area contributed by atoms with Crippen LogP contribution < -0.4 is 0 Å². The van der Waals surface area contributed by atoms with Gasteiger partial charge in [-0.05, 0) is 19.4 Å². The molecule has 0 bridgehead atoms. The van der Waals surface area contributed by atoms with Crippen LogP contribution in [0.2, 0.25) is 0 Å². The van der Waals surface area contributed by atoms with Crippen LogP contribution in [0, 0.1) is 0 Å². The van der Waals surface area contributed by atoms with E-state index in [4.69, 9.17) is 4.74 Å². The summed E-state index contributed by atoms with van der Waals surface area (Å²) in [5.74, 6) is 3.04. The minimum absolute atomic E-state index is 0.454. The molecule has 0 N–H and O–H groups in total. The van der Waals surface area contributed by atoms with Gasteiger partial charge in [0.05, 0.1) is 7.11 Å². The van der Waals surface area contributed by atoms with Crippen molar-refractivity contribution in [2.45, 2.75) is 19.9 Å². The van der Waals surface area contributed by atoms with E-state index in [0.717, 1.165) is 17.4 Å². The number of hydrogen-bond acceptors (Lipinski definition) is 3. The van der Waals surface area contributed by atoms with Gasteiger partial charge in [-0.2, -0.15) is 11.8 Å². The van der Waals surface area contributed by atoms with Crippen LogP contribution in [0.3, 0.4) is 0 Å². The Bertz CT molecular complexity index is 258. The van der Waals surface area contributed by atoms with E-state index in [1.54, 1.807) is 7.11 Å². The van der Waals surface area contributed by atoms with E-state index in [9.17, 15) is 0 Å². The summed E-state index contributed by atoms with van der Waals surface area (Å²) in [6, 6.07) is 0.454. The third-order valence-corrected chi connectivity index (χ3v) is 3.54. The van der Waals surface area contributed by atoms with Crippen molar-refractivity contribution in [3.8, 4) is 0 Å². The monoisotopic (exact) mass is 213 g/mol. The summed E-state index contributed by atoms with van der Waals surface area (Å²) in [7, 11) is 3.80. The number of thioether (sulfide) groups is 1. The van der Waals surface area contributed by atoms with Gasteiger partial charge in [0.1, 0.15) is 0 Å².